The van der Waals surface area contributed by atoms with Crippen molar-refractivity contribution in [3.05, 3.63) is 92.9 Å². The second kappa shape index (κ2) is 8.31. The predicted molar refractivity (Wildman–Crippen MR) is 108 cm³/mol. The van der Waals surface area contributed by atoms with E-state index in [1.165, 1.54) is 0 Å². The molecule has 1 heterocycles. The van der Waals surface area contributed by atoms with Crippen molar-refractivity contribution in [2.24, 2.45) is 0 Å². The van der Waals surface area contributed by atoms with E-state index in [4.69, 9.17) is 0 Å². The number of carbonyl (C=O) groups is 2. The molecule has 0 aliphatic carbocycles. The zero-order valence-electron chi connectivity index (χ0n) is 16.0. The van der Waals surface area contributed by atoms with Crippen LogP contribution in [0.3, 0.4) is 0 Å². The van der Waals surface area contributed by atoms with Crippen LogP contribution in [0.1, 0.15) is 37.5 Å². The Hall–Kier alpha value is -4.05. The van der Waals surface area contributed by atoms with Gasteiger partial charge in [0.05, 0.1) is 5.69 Å². The third kappa shape index (κ3) is 4.28. The van der Waals surface area contributed by atoms with Crippen molar-refractivity contribution in [1.29, 1.82) is 5.26 Å². The number of nitrogens with zero attached hydrogens (tertiary/aromatic N) is 3. The largest absolute Gasteiger partial charge is 0.322 e. The SMILES string of the molecule is Cc1nn(CC(=O)c2ccc(NC(=O)c3ccccc3)cc2)c(=O)c(C#N)c1C. The maximum Gasteiger partial charge on any atom is 0.285 e. The second-order valence-corrected chi connectivity index (χ2v) is 6.48. The first-order chi connectivity index (χ1) is 13.9. The molecule has 0 aliphatic rings. The van der Waals surface area contributed by atoms with E-state index in [1.54, 1.807) is 62.4 Å². The minimum atomic E-state index is -0.587. The molecule has 0 unspecified atom stereocenters. The van der Waals surface area contributed by atoms with Crippen molar-refractivity contribution in [2.45, 2.75) is 20.4 Å². The number of amides is 1. The molecular weight excluding hydrogens is 368 g/mol. The average molecular weight is 386 g/mol. The van der Waals surface area contributed by atoms with Gasteiger partial charge in [-0.2, -0.15) is 10.4 Å². The second-order valence-electron chi connectivity index (χ2n) is 6.48. The zero-order valence-corrected chi connectivity index (χ0v) is 16.0. The van der Waals surface area contributed by atoms with Gasteiger partial charge in [0, 0.05) is 16.8 Å². The van der Waals surface area contributed by atoms with Crippen LogP contribution in [-0.4, -0.2) is 21.5 Å². The summed E-state index contributed by atoms with van der Waals surface area (Å²) in [6.07, 6.45) is 0. The highest BCUT2D eigenvalue weighted by molar-refractivity contribution is 6.04. The molecule has 29 heavy (non-hydrogen) atoms. The van der Waals surface area contributed by atoms with Gasteiger partial charge in [0.2, 0.25) is 0 Å². The molecule has 1 N–H and O–H groups in total. The summed E-state index contributed by atoms with van der Waals surface area (Å²) in [7, 11) is 0. The molecule has 7 nitrogen and oxygen atoms in total. The van der Waals surface area contributed by atoms with Crippen molar-refractivity contribution >= 4 is 17.4 Å². The minimum Gasteiger partial charge on any atom is -0.322 e. The summed E-state index contributed by atoms with van der Waals surface area (Å²) in [6, 6.07) is 17.0. The number of hydrogen-bond donors (Lipinski definition) is 1. The van der Waals surface area contributed by atoms with Crippen molar-refractivity contribution in [3.63, 3.8) is 0 Å². The summed E-state index contributed by atoms with van der Waals surface area (Å²) in [4.78, 5) is 37.1. The Kier molecular flexibility index (Phi) is 5.65. The number of nitrogens with one attached hydrogen (secondary N) is 1. The standard InChI is InChI=1S/C22H18N4O3/c1-14-15(2)25-26(22(29)19(14)12-23)13-20(27)16-8-10-18(11-9-16)24-21(28)17-6-4-3-5-7-17/h3-11H,13H2,1-2H3,(H,24,28). The molecule has 0 saturated heterocycles. The zero-order chi connectivity index (χ0) is 21.0. The summed E-state index contributed by atoms with van der Waals surface area (Å²) in [5.74, 6) is -0.577. The lowest BCUT2D eigenvalue weighted by Gasteiger charge is -2.09. The van der Waals surface area contributed by atoms with Crippen molar-refractivity contribution < 1.29 is 9.59 Å². The Balaban J connectivity index is 1.75. The minimum absolute atomic E-state index is 0.00993. The molecule has 0 atom stereocenters. The lowest BCUT2D eigenvalue weighted by atomic mass is 10.1. The van der Waals surface area contributed by atoms with Crippen LogP contribution in [-0.2, 0) is 6.54 Å². The number of Topliss-reactive ketones (excluding diaryl/α,β-unsaturated/α-hetero) is 1. The summed E-state index contributed by atoms with van der Waals surface area (Å²) in [6.45, 7) is 3.06. The molecule has 0 fully saturated rings. The van der Waals surface area contributed by atoms with Crippen LogP contribution in [0.2, 0.25) is 0 Å². The van der Waals surface area contributed by atoms with E-state index in [1.807, 2.05) is 12.1 Å². The van der Waals surface area contributed by atoms with E-state index in [-0.39, 0.29) is 23.8 Å². The van der Waals surface area contributed by atoms with Crippen molar-refractivity contribution in [3.8, 4) is 6.07 Å². The van der Waals surface area contributed by atoms with E-state index < -0.39 is 5.56 Å². The molecule has 3 aromatic rings. The lowest BCUT2D eigenvalue weighted by molar-refractivity contribution is 0.0964. The van der Waals surface area contributed by atoms with E-state index >= 15 is 0 Å². The average Bonchev–Trinajstić information content (AvgIpc) is 2.73. The van der Waals surface area contributed by atoms with E-state index in [0.717, 1.165) is 4.68 Å². The number of ketones is 1. The molecule has 0 radical (unpaired) electrons. The molecule has 0 spiro atoms. The Bertz CT molecular complexity index is 1170. The molecule has 144 valence electrons. The highest BCUT2D eigenvalue weighted by atomic mass is 16.2. The van der Waals surface area contributed by atoms with Gasteiger partial charge < -0.3 is 5.32 Å². The van der Waals surface area contributed by atoms with Crippen LogP contribution in [0.15, 0.2) is 59.4 Å². The normalized spacial score (nSPS) is 10.2. The van der Waals surface area contributed by atoms with Crippen LogP contribution < -0.4 is 10.9 Å². The monoisotopic (exact) mass is 386 g/mol. The Morgan fingerprint density at radius 1 is 1.03 bits per heavy atom. The molecule has 7 heteroatoms. The van der Waals surface area contributed by atoms with Crippen LogP contribution in [0.4, 0.5) is 5.69 Å². The van der Waals surface area contributed by atoms with Gasteiger partial charge >= 0.3 is 0 Å². The molecule has 1 aromatic heterocycles. The van der Waals surface area contributed by atoms with Gasteiger partial charge in [-0.1, -0.05) is 18.2 Å². The number of aromatic nitrogens is 2. The number of hydrogen-bond acceptors (Lipinski definition) is 5. The number of anilines is 1. The molecule has 0 bridgehead atoms. The quantitative estimate of drug-likeness (QED) is 0.679. The highest BCUT2D eigenvalue weighted by Gasteiger charge is 2.15. The maximum absolute atomic E-state index is 12.5. The van der Waals surface area contributed by atoms with Gasteiger partial charge in [-0.15, -0.1) is 0 Å². The maximum atomic E-state index is 12.5. The number of aryl methyl sites for hydroxylation is 1. The molecule has 2 aromatic carbocycles. The van der Waals surface area contributed by atoms with Gasteiger partial charge in [-0.3, -0.25) is 14.4 Å². The molecule has 0 aliphatic heterocycles. The molecule has 0 saturated carbocycles. The number of benzene rings is 2. The van der Waals surface area contributed by atoms with Gasteiger partial charge in [0.15, 0.2) is 5.78 Å². The third-order valence-corrected chi connectivity index (χ3v) is 4.54. The Morgan fingerprint density at radius 3 is 2.31 bits per heavy atom. The Labute approximate surface area is 167 Å². The van der Waals surface area contributed by atoms with Gasteiger partial charge in [-0.05, 0) is 55.8 Å². The van der Waals surface area contributed by atoms with Crippen LogP contribution in [0.5, 0.6) is 0 Å². The summed E-state index contributed by atoms with van der Waals surface area (Å²) in [5, 5.41) is 16.0. The first-order valence-electron chi connectivity index (χ1n) is 8.89. The van der Waals surface area contributed by atoms with Gasteiger partial charge in [0.1, 0.15) is 18.2 Å². The number of carbonyl (C=O) groups excluding carboxylic acids is 2. The fourth-order valence-corrected chi connectivity index (χ4v) is 2.77. The molecule has 3 rings (SSSR count). The topological polar surface area (TPSA) is 105 Å². The van der Waals surface area contributed by atoms with Gasteiger partial charge in [-0.25, -0.2) is 4.68 Å². The first kappa shape index (κ1) is 19.7. The van der Waals surface area contributed by atoms with Crippen molar-refractivity contribution in [1.82, 2.24) is 9.78 Å². The Morgan fingerprint density at radius 2 is 1.69 bits per heavy atom. The van der Waals surface area contributed by atoms with Crippen LogP contribution in [0.25, 0.3) is 0 Å². The fourth-order valence-electron chi connectivity index (χ4n) is 2.77. The van der Waals surface area contributed by atoms with Crippen LogP contribution >= 0.6 is 0 Å². The fraction of sp³-hybridized carbons (Fsp3) is 0.136. The van der Waals surface area contributed by atoms with Crippen LogP contribution in [0, 0.1) is 25.2 Å². The summed E-state index contributed by atoms with van der Waals surface area (Å²) in [5.41, 5.74) is 1.88. The smallest absolute Gasteiger partial charge is 0.285 e. The highest BCUT2D eigenvalue weighted by Crippen LogP contribution is 2.13. The summed E-state index contributed by atoms with van der Waals surface area (Å²) < 4.78 is 1.01. The van der Waals surface area contributed by atoms with E-state index in [9.17, 15) is 19.6 Å². The van der Waals surface area contributed by atoms with Gasteiger partial charge in [0.25, 0.3) is 11.5 Å². The summed E-state index contributed by atoms with van der Waals surface area (Å²) >= 11 is 0. The molecular formula is C22H18N4O3. The van der Waals surface area contributed by atoms with E-state index in [0.29, 0.717) is 28.1 Å². The molecule has 1 amide bonds. The number of nitriles is 1. The first-order valence-corrected chi connectivity index (χ1v) is 8.89. The number of rotatable bonds is 5. The lowest BCUT2D eigenvalue weighted by Crippen LogP contribution is -2.30. The van der Waals surface area contributed by atoms with E-state index in [2.05, 4.69) is 10.4 Å². The third-order valence-electron chi connectivity index (χ3n) is 4.54. The predicted octanol–water partition coefficient (Wildman–Crippen LogP) is 2.87. The van der Waals surface area contributed by atoms with Crippen molar-refractivity contribution in [2.75, 3.05) is 5.32 Å².